The number of nitrogens with one attached hydrogen (secondary N) is 1. The summed E-state index contributed by atoms with van der Waals surface area (Å²) >= 11 is 5.79. The molecule has 0 aliphatic rings. The van der Waals surface area contributed by atoms with Gasteiger partial charge in [-0.1, -0.05) is 11.6 Å². The second kappa shape index (κ2) is 5.69. The number of amides is 1. The molecule has 1 aromatic heterocycles. The van der Waals surface area contributed by atoms with E-state index in [1.807, 2.05) is 0 Å². The Labute approximate surface area is 123 Å². The Balaban J connectivity index is 2.26. The number of carbonyl (C=O) groups excluding carboxylic acids is 1. The van der Waals surface area contributed by atoms with Gasteiger partial charge in [-0.25, -0.2) is 9.97 Å². The predicted molar refractivity (Wildman–Crippen MR) is 71.2 cm³/mol. The summed E-state index contributed by atoms with van der Waals surface area (Å²) in [6, 6.07) is 2.69. The summed E-state index contributed by atoms with van der Waals surface area (Å²) in [7, 11) is 0. The number of benzene rings is 1. The van der Waals surface area contributed by atoms with Crippen LogP contribution in [0.2, 0.25) is 5.02 Å². The van der Waals surface area contributed by atoms with Crippen molar-refractivity contribution in [1.82, 2.24) is 9.97 Å². The fraction of sp³-hybridized carbons (Fsp3) is 0.154. The summed E-state index contributed by atoms with van der Waals surface area (Å²) in [6.45, 7) is 1.64. The maximum atomic E-state index is 12.6. The molecule has 0 aliphatic carbocycles. The van der Waals surface area contributed by atoms with Crippen molar-refractivity contribution in [2.24, 2.45) is 0 Å². The van der Waals surface area contributed by atoms with E-state index in [1.54, 1.807) is 6.92 Å². The first-order chi connectivity index (χ1) is 9.77. The highest BCUT2D eigenvalue weighted by atomic mass is 35.5. The monoisotopic (exact) mass is 315 g/mol. The number of anilines is 1. The second-order valence-corrected chi connectivity index (χ2v) is 4.57. The molecule has 0 saturated carbocycles. The third kappa shape index (κ3) is 3.69. The van der Waals surface area contributed by atoms with Crippen molar-refractivity contribution in [3.8, 4) is 0 Å². The number of rotatable bonds is 2. The highest BCUT2D eigenvalue weighted by molar-refractivity contribution is 6.34. The zero-order chi connectivity index (χ0) is 15.6. The van der Waals surface area contributed by atoms with Gasteiger partial charge in [0, 0.05) is 12.4 Å². The summed E-state index contributed by atoms with van der Waals surface area (Å²) in [5.74, 6) is -0.167. The average molecular weight is 316 g/mol. The lowest BCUT2D eigenvalue weighted by Gasteiger charge is -2.11. The summed E-state index contributed by atoms with van der Waals surface area (Å²) in [5, 5.41) is 2.31. The summed E-state index contributed by atoms with van der Waals surface area (Å²) in [6.07, 6.45) is -1.96. The molecule has 0 unspecified atom stereocenters. The minimum Gasteiger partial charge on any atom is -0.321 e. The molecular weight excluding hydrogens is 307 g/mol. The Morgan fingerprint density at radius 1 is 1.24 bits per heavy atom. The van der Waals surface area contributed by atoms with Crippen molar-refractivity contribution >= 4 is 23.2 Å². The van der Waals surface area contributed by atoms with Crippen molar-refractivity contribution in [3.63, 3.8) is 0 Å². The van der Waals surface area contributed by atoms with E-state index in [0.29, 0.717) is 5.82 Å². The first kappa shape index (κ1) is 15.2. The number of carbonyl (C=O) groups is 1. The zero-order valence-electron chi connectivity index (χ0n) is 10.7. The maximum Gasteiger partial charge on any atom is 0.416 e. The molecule has 0 bridgehead atoms. The van der Waals surface area contributed by atoms with E-state index >= 15 is 0 Å². The van der Waals surface area contributed by atoms with Gasteiger partial charge < -0.3 is 5.32 Å². The Hall–Kier alpha value is -2.15. The van der Waals surface area contributed by atoms with Crippen LogP contribution in [-0.2, 0) is 6.18 Å². The minimum atomic E-state index is -4.52. The van der Waals surface area contributed by atoms with Crippen LogP contribution in [0, 0.1) is 6.92 Å². The highest BCUT2D eigenvalue weighted by Crippen LogP contribution is 2.33. The van der Waals surface area contributed by atoms with Crippen LogP contribution >= 0.6 is 11.6 Å². The first-order valence-electron chi connectivity index (χ1n) is 5.74. The van der Waals surface area contributed by atoms with Crippen molar-refractivity contribution in [2.75, 3.05) is 5.32 Å². The van der Waals surface area contributed by atoms with E-state index < -0.39 is 17.6 Å². The van der Waals surface area contributed by atoms with Gasteiger partial charge in [0.1, 0.15) is 5.82 Å². The van der Waals surface area contributed by atoms with Crippen molar-refractivity contribution in [2.45, 2.75) is 13.1 Å². The van der Waals surface area contributed by atoms with Crippen LogP contribution in [0.25, 0.3) is 0 Å². The summed E-state index contributed by atoms with van der Waals surface area (Å²) in [5.41, 5.74) is -0.909. The van der Waals surface area contributed by atoms with Gasteiger partial charge in [0.05, 0.1) is 21.8 Å². The van der Waals surface area contributed by atoms with Gasteiger partial charge in [0.15, 0.2) is 0 Å². The molecule has 4 nitrogen and oxygen atoms in total. The Morgan fingerprint density at radius 3 is 2.43 bits per heavy atom. The van der Waals surface area contributed by atoms with Crippen LogP contribution in [0.15, 0.2) is 30.6 Å². The number of aromatic nitrogens is 2. The topological polar surface area (TPSA) is 54.9 Å². The number of hydrogen-bond donors (Lipinski definition) is 1. The van der Waals surface area contributed by atoms with Gasteiger partial charge in [0.25, 0.3) is 5.91 Å². The Morgan fingerprint density at radius 2 is 1.86 bits per heavy atom. The molecule has 1 N–H and O–H groups in total. The van der Waals surface area contributed by atoms with E-state index in [4.69, 9.17) is 11.6 Å². The molecule has 1 amide bonds. The minimum absolute atomic E-state index is 0.00406. The molecule has 0 spiro atoms. The van der Waals surface area contributed by atoms with Crippen LogP contribution in [0.1, 0.15) is 21.7 Å². The van der Waals surface area contributed by atoms with Crippen molar-refractivity contribution in [3.05, 3.63) is 52.6 Å². The van der Waals surface area contributed by atoms with E-state index in [2.05, 4.69) is 15.3 Å². The van der Waals surface area contributed by atoms with Gasteiger partial charge in [-0.2, -0.15) is 13.2 Å². The molecule has 0 saturated heterocycles. The molecule has 1 aromatic carbocycles. The largest absolute Gasteiger partial charge is 0.416 e. The van der Waals surface area contributed by atoms with Crippen molar-refractivity contribution in [1.29, 1.82) is 0 Å². The number of nitrogens with zero attached hydrogens (tertiary/aromatic N) is 2. The standard InChI is InChI=1S/C13H9ClF3N3O/c1-7-18-5-8(6-19-7)12(21)20-11-4-9(13(15,16)17)2-3-10(11)14/h2-6H,1H3,(H,20,21). The van der Waals surface area contributed by atoms with Gasteiger partial charge in [-0.05, 0) is 25.1 Å². The molecule has 110 valence electrons. The quantitative estimate of drug-likeness (QED) is 0.919. The molecule has 8 heteroatoms. The third-order valence-corrected chi connectivity index (χ3v) is 2.91. The smallest absolute Gasteiger partial charge is 0.321 e. The fourth-order valence-electron chi connectivity index (χ4n) is 1.50. The van der Waals surface area contributed by atoms with E-state index in [0.717, 1.165) is 18.2 Å². The number of aryl methyl sites for hydroxylation is 1. The average Bonchev–Trinajstić information content (AvgIpc) is 2.40. The number of hydrogen-bond acceptors (Lipinski definition) is 3. The van der Waals surface area contributed by atoms with Gasteiger partial charge >= 0.3 is 6.18 Å². The fourth-order valence-corrected chi connectivity index (χ4v) is 1.67. The van der Waals surface area contributed by atoms with Gasteiger partial charge in [-0.15, -0.1) is 0 Å². The van der Waals surface area contributed by atoms with Crippen molar-refractivity contribution < 1.29 is 18.0 Å². The predicted octanol–water partition coefficient (Wildman–Crippen LogP) is 3.71. The first-order valence-corrected chi connectivity index (χ1v) is 6.12. The molecule has 21 heavy (non-hydrogen) atoms. The molecular formula is C13H9ClF3N3O. The van der Waals surface area contributed by atoms with Crippen LogP contribution in [0.4, 0.5) is 18.9 Å². The molecule has 0 fully saturated rings. The normalized spacial score (nSPS) is 11.3. The molecule has 0 radical (unpaired) electrons. The van der Waals surface area contributed by atoms with Crippen LogP contribution in [-0.4, -0.2) is 15.9 Å². The zero-order valence-corrected chi connectivity index (χ0v) is 11.5. The lowest BCUT2D eigenvalue weighted by atomic mass is 10.2. The Kier molecular flexibility index (Phi) is 4.13. The Bertz CT molecular complexity index is 671. The highest BCUT2D eigenvalue weighted by Gasteiger charge is 2.31. The van der Waals surface area contributed by atoms with E-state index in [-0.39, 0.29) is 16.3 Å². The van der Waals surface area contributed by atoms with Crippen LogP contribution in [0.5, 0.6) is 0 Å². The lowest BCUT2D eigenvalue weighted by molar-refractivity contribution is -0.137. The SMILES string of the molecule is Cc1ncc(C(=O)Nc2cc(C(F)(F)F)ccc2Cl)cn1. The summed E-state index contributed by atoms with van der Waals surface area (Å²) in [4.78, 5) is 19.6. The molecule has 0 atom stereocenters. The lowest BCUT2D eigenvalue weighted by Crippen LogP contribution is -2.14. The molecule has 1 heterocycles. The number of halogens is 4. The van der Waals surface area contributed by atoms with Gasteiger partial charge in [0.2, 0.25) is 0 Å². The van der Waals surface area contributed by atoms with Crippen LogP contribution < -0.4 is 5.32 Å². The molecule has 0 aliphatic heterocycles. The summed E-state index contributed by atoms with van der Waals surface area (Å²) < 4.78 is 37.9. The third-order valence-electron chi connectivity index (χ3n) is 2.59. The number of alkyl halides is 3. The van der Waals surface area contributed by atoms with Gasteiger partial charge in [-0.3, -0.25) is 4.79 Å². The second-order valence-electron chi connectivity index (χ2n) is 4.17. The molecule has 2 aromatic rings. The molecule has 2 rings (SSSR count). The van der Waals surface area contributed by atoms with E-state index in [1.165, 1.54) is 12.4 Å². The van der Waals surface area contributed by atoms with E-state index in [9.17, 15) is 18.0 Å². The maximum absolute atomic E-state index is 12.6. The van der Waals surface area contributed by atoms with Crippen LogP contribution in [0.3, 0.4) is 0 Å².